The topological polar surface area (TPSA) is 99.9 Å². The number of hydrogen-bond acceptors (Lipinski definition) is 6. The number of nitro benzene ring substituents is 1. The lowest BCUT2D eigenvalue weighted by molar-refractivity contribution is -0.385. The number of anilines is 1. The molecule has 0 fully saturated rings. The van der Waals surface area contributed by atoms with Gasteiger partial charge < -0.3 is 19.5 Å². The van der Waals surface area contributed by atoms with E-state index in [1.807, 2.05) is 19.9 Å². The summed E-state index contributed by atoms with van der Waals surface area (Å²) in [6.07, 6.45) is 0.830. The number of benzene rings is 2. The maximum atomic E-state index is 12.3. The molecule has 8 nitrogen and oxygen atoms in total. The van der Waals surface area contributed by atoms with Gasteiger partial charge in [-0.05, 0) is 32.0 Å². The number of fused-ring (bicyclic) bond motifs is 1. The van der Waals surface area contributed by atoms with E-state index in [0.29, 0.717) is 23.8 Å². The van der Waals surface area contributed by atoms with E-state index in [1.54, 1.807) is 6.07 Å². The van der Waals surface area contributed by atoms with Crippen LogP contribution in [0.15, 0.2) is 30.3 Å². The molecule has 0 bridgehead atoms. The second kappa shape index (κ2) is 8.35. The Morgan fingerprint density at radius 3 is 2.82 bits per heavy atom. The summed E-state index contributed by atoms with van der Waals surface area (Å²) in [5.74, 6) is 0.696. The molecule has 2 aromatic rings. The first-order chi connectivity index (χ1) is 13.4. The monoisotopic (exact) mass is 406 g/mol. The van der Waals surface area contributed by atoms with Gasteiger partial charge in [-0.15, -0.1) is 0 Å². The van der Waals surface area contributed by atoms with Crippen LogP contribution in [-0.4, -0.2) is 30.1 Å². The zero-order valence-corrected chi connectivity index (χ0v) is 16.1. The average molecular weight is 407 g/mol. The number of hydrogen-bond donors (Lipinski definition) is 1. The minimum Gasteiger partial charge on any atom is -0.492 e. The van der Waals surface area contributed by atoms with Crippen LogP contribution in [0.5, 0.6) is 17.2 Å². The van der Waals surface area contributed by atoms with Crippen LogP contribution in [0.4, 0.5) is 11.4 Å². The van der Waals surface area contributed by atoms with Crippen molar-refractivity contribution in [2.75, 3.05) is 18.5 Å². The summed E-state index contributed by atoms with van der Waals surface area (Å²) in [6, 6.07) is 7.54. The predicted octanol–water partition coefficient (Wildman–Crippen LogP) is 3.99. The number of amides is 1. The smallest absolute Gasteiger partial charge is 0.312 e. The molecule has 1 atom stereocenters. The van der Waals surface area contributed by atoms with E-state index >= 15 is 0 Å². The molecule has 1 heterocycles. The molecule has 3 rings (SSSR count). The summed E-state index contributed by atoms with van der Waals surface area (Å²) in [4.78, 5) is 22.8. The molecule has 28 heavy (non-hydrogen) atoms. The van der Waals surface area contributed by atoms with E-state index in [9.17, 15) is 14.9 Å². The standard InChI is InChI=1S/C19H19ClN2O6/c1-3-26-18-7-12-6-11(2)28-17(12)9-14(18)21-19(23)10-27-16-5-4-13(20)8-15(16)22(24)25/h4-5,7-9,11H,3,6,10H2,1-2H3,(H,21,23)/t11-/m0/s1. The second-order valence-corrected chi connectivity index (χ2v) is 6.66. The molecule has 1 aliphatic heterocycles. The van der Waals surface area contributed by atoms with E-state index in [0.717, 1.165) is 12.0 Å². The molecule has 1 N–H and O–H groups in total. The molecule has 1 aliphatic rings. The van der Waals surface area contributed by atoms with Crippen LogP contribution in [-0.2, 0) is 11.2 Å². The number of rotatable bonds is 7. The molecular formula is C19H19ClN2O6. The van der Waals surface area contributed by atoms with E-state index in [1.165, 1.54) is 18.2 Å². The highest BCUT2D eigenvalue weighted by Gasteiger charge is 2.23. The maximum absolute atomic E-state index is 12.3. The van der Waals surface area contributed by atoms with Gasteiger partial charge >= 0.3 is 5.69 Å². The minimum absolute atomic E-state index is 0.0410. The molecule has 0 radical (unpaired) electrons. The fourth-order valence-corrected chi connectivity index (χ4v) is 3.06. The molecule has 0 aliphatic carbocycles. The van der Waals surface area contributed by atoms with E-state index < -0.39 is 17.4 Å². The Bertz CT molecular complexity index is 918. The Morgan fingerprint density at radius 2 is 2.11 bits per heavy atom. The van der Waals surface area contributed by atoms with E-state index in [2.05, 4.69) is 5.32 Å². The zero-order valence-electron chi connectivity index (χ0n) is 15.4. The van der Waals surface area contributed by atoms with E-state index in [-0.39, 0.29) is 22.6 Å². The summed E-state index contributed by atoms with van der Waals surface area (Å²) in [5, 5.41) is 14.0. The van der Waals surface area contributed by atoms with Gasteiger partial charge in [-0.25, -0.2) is 0 Å². The lowest BCUT2D eigenvalue weighted by Gasteiger charge is -2.14. The Morgan fingerprint density at radius 1 is 1.32 bits per heavy atom. The van der Waals surface area contributed by atoms with Gasteiger partial charge in [-0.2, -0.15) is 0 Å². The van der Waals surface area contributed by atoms with Crippen molar-refractivity contribution < 1.29 is 23.9 Å². The number of nitrogens with zero attached hydrogens (tertiary/aromatic N) is 1. The Hall–Kier alpha value is -3.00. The zero-order chi connectivity index (χ0) is 20.3. The molecule has 0 unspecified atom stereocenters. The SMILES string of the molecule is CCOc1cc2c(cc1NC(=O)COc1ccc(Cl)cc1[N+](=O)[O-])O[C@@H](C)C2. The molecule has 148 valence electrons. The van der Waals surface area contributed by atoms with Gasteiger partial charge in [0, 0.05) is 29.1 Å². The summed E-state index contributed by atoms with van der Waals surface area (Å²) < 4.78 is 16.6. The summed E-state index contributed by atoms with van der Waals surface area (Å²) in [5.41, 5.74) is 1.16. The first kappa shape index (κ1) is 19.8. The number of ether oxygens (including phenoxy) is 3. The van der Waals surface area contributed by atoms with Crippen LogP contribution < -0.4 is 19.5 Å². The van der Waals surface area contributed by atoms with Crippen molar-refractivity contribution in [3.05, 3.63) is 51.0 Å². The molecule has 0 aromatic heterocycles. The quantitative estimate of drug-likeness (QED) is 0.551. The van der Waals surface area contributed by atoms with Crippen molar-refractivity contribution in [3.8, 4) is 17.2 Å². The Balaban J connectivity index is 1.72. The van der Waals surface area contributed by atoms with Crippen molar-refractivity contribution in [2.24, 2.45) is 0 Å². The Labute approximate surface area is 166 Å². The third-order valence-electron chi connectivity index (χ3n) is 4.05. The van der Waals surface area contributed by atoms with Crippen LogP contribution in [0.2, 0.25) is 5.02 Å². The highest BCUT2D eigenvalue weighted by molar-refractivity contribution is 6.30. The number of nitro groups is 1. The third-order valence-corrected chi connectivity index (χ3v) is 4.28. The molecule has 1 amide bonds. The number of carbonyl (C=O) groups is 1. The van der Waals surface area contributed by atoms with Crippen LogP contribution >= 0.6 is 11.6 Å². The number of halogens is 1. The molecule has 2 aromatic carbocycles. The fraction of sp³-hybridized carbons (Fsp3) is 0.316. The lowest BCUT2D eigenvalue weighted by Crippen LogP contribution is -2.21. The molecule has 0 saturated carbocycles. The van der Waals surface area contributed by atoms with Gasteiger partial charge in [-0.3, -0.25) is 14.9 Å². The highest BCUT2D eigenvalue weighted by atomic mass is 35.5. The van der Waals surface area contributed by atoms with Crippen LogP contribution in [0.25, 0.3) is 0 Å². The number of nitrogens with one attached hydrogen (secondary N) is 1. The van der Waals surface area contributed by atoms with Crippen LogP contribution in [0.1, 0.15) is 19.4 Å². The van der Waals surface area contributed by atoms with E-state index in [4.69, 9.17) is 25.8 Å². The van der Waals surface area contributed by atoms with Crippen molar-refractivity contribution in [1.82, 2.24) is 0 Å². The van der Waals surface area contributed by atoms with Gasteiger partial charge in [0.05, 0.1) is 17.2 Å². The third kappa shape index (κ3) is 4.45. The largest absolute Gasteiger partial charge is 0.492 e. The van der Waals surface area contributed by atoms with Crippen molar-refractivity contribution in [1.29, 1.82) is 0 Å². The molecular weight excluding hydrogens is 388 g/mol. The van der Waals surface area contributed by atoms with Crippen molar-refractivity contribution in [2.45, 2.75) is 26.4 Å². The summed E-state index contributed by atoms with van der Waals surface area (Å²) >= 11 is 5.77. The normalized spacial score (nSPS) is 14.8. The molecule has 9 heteroatoms. The molecule has 0 saturated heterocycles. The lowest BCUT2D eigenvalue weighted by atomic mass is 10.1. The average Bonchev–Trinajstić information content (AvgIpc) is 2.99. The summed E-state index contributed by atoms with van der Waals surface area (Å²) in [7, 11) is 0. The second-order valence-electron chi connectivity index (χ2n) is 6.23. The minimum atomic E-state index is -0.620. The van der Waals surface area contributed by atoms with Gasteiger partial charge in [-0.1, -0.05) is 11.6 Å². The predicted molar refractivity (Wildman–Crippen MR) is 104 cm³/mol. The fourth-order valence-electron chi connectivity index (χ4n) is 2.90. The maximum Gasteiger partial charge on any atom is 0.312 e. The van der Waals surface area contributed by atoms with Gasteiger partial charge in [0.25, 0.3) is 5.91 Å². The highest BCUT2D eigenvalue weighted by Crippen LogP contribution is 2.38. The first-order valence-electron chi connectivity index (χ1n) is 8.70. The Kier molecular flexibility index (Phi) is 5.89. The molecule has 0 spiro atoms. The van der Waals surface area contributed by atoms with Gasteiger partial charge in [0.1, 0.15) is 17.6 Å². The first-order valence-corrected chi connectivity index (χ1v) is 9.08. The van der Waals surface area contributed by atoms with Gasteiger partial charge in [0.15, 0.2) is 12.4 Å². The van der Waals surface area contributed by atoms with Crippen molar-refractivity contribution >= 4 is 28.9 Å². The van der Waals surface area contributed by atoms with Crippen molar-refractivity contribution in [3.63, 3.8) is 0 Å². The van der Waals surface area contributed by atoms with Crippen LogP contribution in [0, 0.1) is 10.1 Å². The van der Waals surface area contributed by atoms with Gasteiger partial charge in [0.2, 0.25) is 0 Å². The van der Waals surface area contributed by atoms with Crippen LogP contribution in [0.3, 0.4) is 0 Å². The number of carbonyl (C=O) groups excluding carboxylic acids is 1. The summed E-state index contributed by atoms with van der Waals surface area (Å²) in [6.45, 7) is 3.83.